The quantitative estimate of drug-likeness (QED) is 0.932. The van der Waals surface area contributed by atoms with Crippen molar-refractivity contribution in [2.45, 2.75) is 24.3 Å². The van der Waals surface area contributed by atoms with Gasteiger partial charge in [0.15, 0.2) is 9.84 Å². The first-order valence-electron chi connectivity index (χ1n) is 5.92. The van der Waals surface area contributed by atoms with Crippen LogP contribution in [0.2, 0.25) is 0 Å². The summed E-state index contributed by atoms with van der Waals surface area (Å²) in [7, 11) is -3.15. The van der Waals surface area contributed by atoms with Crippen molar-refractivity contribution in [3.63, 3.8) is 0 Å². The fraction of sp³-hybridized carbons (Fsp3) is 0.500. The van der Waals surface area contributed by atoms with Crippen molar-refractivity contribution in [1.29, 1.82) is 0 Å². The molecule has 1 aliphatic heterocycles. The van der Waals surface area contributed by atoms with Crippen LogP contribution < -0.4 is 5.32 Å². The van der Waals surface area contributed by atoms with Crippen LogP contribution in [0.5, 0.6) is 0 Å². The molecule has 1 saturated heterocycles. The van der Waals surface area contributed by atoms with Gasteiger partial charge < -0.3 is 5.32 Å². The molecular weight excluding hydrogens is 279 g/mol. The lowest BCUT2D eigenvalue weighted by atomic mass is 10.1. The Hall–Kier alpha value is -1.24. The van der Waals surface area contributed by atoms with E-state index in [4.69, 9.17) is 0 Å². The fourth-order valence-electron chi connectivity index (χ4n) is 2.20. The second-order valence-corrected chi connectivity index (χ2v) is 6.96. The van der Waals surface area contributed by atoms with Crippen molar-refractivity contribution in [3.05, 3.63) is 29.8 Å². The maximum atomic E-state index is 12.7. The van der Waals surface area contributed by atoms with Gasteiger partial charge in [-0.2, -0.15) is 13.2 Å². The molecule has 106 valence electrons. The van der Waals surface area contributed by atoms with Crippen molar-refractivity contribution < 1.29 is 21.6 Å². The molecule has 1 aromatic rings. The third-order valence-corrected chi connectivity index (χ3v) is 5.49. The molecule has 7 heteroatoms. The number of alkyl halides is 3. The minimum absolute atomic E-state index is 0.0232. The van der Waals surface area contributed by atoms with E-state index in [-0.39, 0.29) is 18.0 Å². The van der Waals surface area contributed by atoms with Crippen LogP contribution in [0.25, 0.3) is 0 Å². The molecule has 0 spiro atoms. The molecular formula is C12H14F3NO2S. The minimum Gasteiger partial charge on any atom is -0.383 e. The van der Waals surface area contributed by atoms with E-state index < -0.39 is 26.8 Å². The van der Waals surface area contributed by atoms with Crippen LogP contribution in [0.1, 0.15) is 18.4 Å². The first-order chi connectivity index (χ1) is 8.81. The standard InChI is InChI=1S/C12H14F3NO2S/c13-12(14,15)10-5-1-2-6-11(10)16-8-9-4-3-7-19(9,17)18/h1-2,5-6,9,16H,3-4,7-8H2. The Morgan fingerprint density at radius 2 is 1.95 bits per heavy atom. The van der Waals surface area contributed by atoms with E-state index in [2.05, 4.69) is 5.32 Å². The summed E-state index contributed by atoms with van der Waals surface area (Å²) in [5.74, 6) is 0.125. The largest absolute Gasteiger partial charge is 0.418 e. The molecule has 1 atom stereocenters. The molecule has 1 heterocycles. The zero-order valence-electron chi connectivity index (χ0n) is 10.1. The SMILES string of the molecule is O=S1(=O)CCCC1CNc1ccccc1C(F)(F)F. The predicted molar refractivity (Wildman–Crippen MR) is 66.7 cm³/mol. The zero-order chi connectivity index (χ0) is 14.1. The number of hydrogen-bond donors (Lipinski definition) is 1. The molecule has 0 amide bonds. The smallest absolute Gasteiger partial charge is 0.383 e. The van der Waals surface area contributed by atoms with Crippen LogP contribution in [0.4, 0.5) is 18.9 Å². The van der Waals surface area contributed by atoms with Crippen LogP contribution in [0.15, 0.2) is 24.3 Å². The van der Waals surface area contributed by atoms with Gasteiger partial charge in [0.05, 0.1) is 16.6 Å². The molecule has 0 radical (unpaired) electrons. The maximum absolute atomic E-state index is 12.7. The lowest BCUT2D eigenvalue weighted by Gasteiger charge is -2.16. The molecule has 0 bridgehead atoms. The average Bonchev–Trinajstić information content (AvgIpc) is 2.65. The van der Waals surface area contributed by atoms with Gasteiger partial charge in [-0.3, -0.25) is 0 Å². The average molecular weight is 293 g/mol. The summed E-state index contributed by atoms with van der Waals surface area (Å²) in [6.45, 7) is 0.0232. The Morgan fingerprint density at radius 1 is 1.26 bits per heavy atom. The van der Waals surface area contributed by atoms with Gasteiger partial charge in [0.2, 0.25) is 0 Å². The van der Waals surface area contributed by atoms with E-state index >= 15 is 0 Å². The van der Waals surface area contributed by atoms with Gasteiger partial charge in [0.25, 0.3) is 0 Å². The van der Waals surface area contributed by atoms with Gasteiger partial charge >= 0.3 is 6.18 Å². The van der Waals surface area contributed by atoms with Crippen molar-refractivity contribution >= 4 is 15.5 Å². The third kappa shape index (κ3) is 3.20. The van der Waals surface area contributed by atoms with Crippen LogP contribution in [-0.2, 0) is 16.0 Å². The van der Waals surface area contributed by atoms with Crippen LogP contribution in [-0.4, -0.2) is 26.0 Å². The molecule has 1 fully saturated rings. The number of hydrogen-bond acceptors (Lipinski definition) is 3. The highest BCUT2D eigenvalue weighted by Gasteiger charge is 2.34. The molecule has 3 nitrogen and oxygen atoms in total. The molecule has 2 rings (SSSR count). The fourth-order valence-corrected chi connectivity index (χ4v) is 3.96. The summed E-state index contributed by atoms with van der Waals surface area (Å²) in [5, 5.41) is 2.03. The number of nitrogens with one attached hydrogen (secondary N) is 1. The van der Waals surface area contributed by atoms with Crippen molar-refractivity contribution in [1.82, 2.24) is 0 Å². The highest BCUT2D eigenvalue weighted by molar-refractivity contribution is 7.92. The number of halogens is 3. The van der Waals surface area contributed by atoms with E-state index in [1.165, 1.54) is 18.2 Å². The zero-order valence-corrected chi connectivity index (χ0v) is 10.9. The number of rotatable bonds is 3. The molecule has 19 heavy (non-hydrogen) atoms. The van der Waals surface area contributed by atoms with Crippen molar-refractivity contribution in [2.75, 3.05) is 17.6 Å². The second-order valence-electron chi connectivity index (χ2n) is 4.56. The number of benzene rings is 1. The summed E-state index contributed by atoms with van der Waals surface area (Å²) >= 11 is 0. The molecule has 1 aromatic carbocycles. The van der Waals surface area contributed by atoms with Crippen LogP contribution in [0.3, 0.4) is 0 Å². The predicted octanol–water partition coefficient (Wildman–Crippen LogP) is 2.69. The Morgan fingerprint density at radius 3 is 2.53 bits per heavy atom. The van der Waals surface area contributed by atoms with E-state index in [9.17, 15) is 21.6 Å². The van der Waals surface area contributed by atoms with Crippen molar-refractivity contribution in [3.8, 4) is 0 Å². The highest BCUT2D eigenvalue weighted by atomic mass is 32.2. The summed E-state index contributed by atoms with van der Waals surface area (Å²) < 4.78 is 61.4. The molecule has 0 aliphatic carbocycles. The molecule has 1 N–H and O–H groups in total. The van der Waals surface area contributed by atoms with Gasteiger partial charge in [-0.15, -0.1) is 0 Å². The maximum Gasteiger partial charge on any atom is 0.418 e. The van der Waals surface area contributed by atoms with E-state index in [1.807, 2.05) is 0 Å². The van der Waals surface area contributed by atoms with Crippen LogP contribution in [0, 0.1) is 0 Å². The lowest BCUT2D eigenvalue weighted by molar-refractivity contribution is -0.136. The van der Waals surface area contributed by atoms with E-state index in [0.29, 0.717) is 12.8 Å². The normalized spacial score (nSPS) is 22.4. The molecule has 1 aliphatic rings. The third-order valence-electron chi connectivity index (χ3n) is 3.22. The Bertz CT molecular complexity index is 554. The van der Waals surface area contributed by atoms with Crippen LogP contribution >= 0.6 is 0 Å². The Labute approximate surface area is 109 Å². The van der Waals surface area contributed by atoms with E-state index in [1.54, 1.807) is 0 Å². The van der Waals surface area contributed by atoms with Gasteiger partial charge in [-0.1, -0.05) is 12.1 Å². The summed E-state index contributed by atoms with van der Waals surface area (Å²) in [4.78, 5) is 0. The van der Waals surface area contributed by atoms with Gasteiger partial charge in [0, 0.05) is 12.2 Å². The molecule has 0 aromatic heterocycles. The molecule has 1 unspecified atom stereocenters. The summed E-state index contributed by atoms with van der Waals surface area (Å²) in [6.07, 6.45) is -3.36. The van der Waals surface area contributed by atoms with Crippen molar-refractivity contribution in [2.24, 2.45) is 0 Å². The minimum atomic E-state index is -4.45. The van der Waals surface area contributed by atoms with Gasteiger partial charge in [-0.05, 0) is 25.0 Å². The van der Waals surface area contributed by atoms with Gasteiger partial charge in [-0.25, -0.2) is 8.42 Å². The number of para-hydroxylation sites is 1. The topological polar surface area (TPSA) is 46.2 Å². The highest BCUT2D eigenvalue weighted by Crippen LogP contribution is 2.34. The van der Waals surface area contributed by atoms with E-state index in [0.717, 1.165) is 6.07 Å². The molecule has 0 saturated carbocycles. The summed E-state index contributed by atoms with van der Waals surface area (Å²) in [5.41, 5.74) is -0.845. The van der Waals surface area contributed by atoms with Gasteiger partial charge in [0.1, 0.15) is 0 Å². The monoisotopic (exact) mass is 293 g/mol. The summed E-state index contributed by atoms with van der Waals surface area (Å²) in [6, 6.07) is 5.08. The first-order valence-corrected chi connectivity index (χ1v) is 7.64. The Balaban J connectivity index is 2.12. The number of sulfone groups is 1. The Kier molecular flexibility index (Phi) is 3.75. The lowest BCUT2D eigenvalue weighted by Crippen LogP contribution is -2.26. The first kappa shape index (κ1) is 14.2. The number of anilines is 1. The second kappa shape index (κ2) is 5.03.